The molecule has 0 atom stereocenters. The molecule has 0 aromatic heterocycles. The zero-order valence-electron chi connectivity index (χ0n) is 28.6. The maximum Gasteiger partial charge on any atom is 0.328 e. The fourth-order valence-corrected chi connectivity index (χ4v) is 4.70. The van der Waals surface area contributed by atoms with Crippen molar-refractivity contribution in [3.63, 3.8) is 0 Å². The van der Waals surface area contributed by atoms with Crippen LogP contribution in [0.3, 0.4) is 0 Å². The second kappa shape index (κ2) is 35.8. The standard InChI is InChI=1S/C42H62O4/c1-2-3-4-5-6-7-8-18-21-24-27-30-35-40(37-33-34-39-42(45)46)36-31-28-25-22-19-16-14-12-10-9-11-13-15-17-20-23-26-29-32-38-41(43)44/h11,13,15,17,20-21,23-24,26-27,29-30,32-35,37-39H,2-10,12,14,16,18-19,22,25,28,31,36H2,1H3,(H,43,44)(H,45,46). The Morgan fingerprint density at radius 1 is 0.413 bits per heavy atom. The molecule has 4 nitrogen and oxygen atoms in total. The molecule has 4 heteroatoms. The van der Waals surface area contributed by atoms with E-state index < -0.39 is 11.9 Å². The smallest absolute Gasteiger partial charge is 0.328 e. The van der Waals surface area contributed by atoms with Gasteiger partial charge in [0.2, 0.25) is 0 Å². The average molecular weight is 631 g/mol. The minimum atomic E-state index is -0.944. The van der Waals surface area contributed by atoms with Gasteiger partial charge in [0.05, 0.1) is 0 Å². The second-order valence-electron chi connectivity index (χ2n) is 11.5. The summed E-state index contributed by atoms with van der Waals surface area (Å²) >= 11 is 0. The Labute approximate surface area is 281 Å². The summed E-state index contributed by atoms with van der Waals surface area (Å²) in [6.45, 7) is 2.26. The molecule has 0 bridgehead atoms. The molecule has 0 amide bonds. The Balaban J connectivity index is 4.06. The van der Waals surface area contributed by atoms with Crippen LogP contribution in [-0.4, -0.2) is 22.2 Å². The van der Waals surface area contributed by atoms with Crippen LogP contribution in [0.4, 0.5) is 0 Å². The number of carbonyl (C=O) groups is 2. The molecule has 2 N–H and O–H groups in total. The van der Waals surface area contributed by atoms with Gasteiger partial charge in [0.1, 0.15) is 0 Å². The third kappa shape index (κ3) is 36.5. The van der Waals surface area contributed by atoms with Gasteiger partial charge in [0, 0.05) is 12.2 Å². The Bertz CT molecular complexity index is 1040. The molecule has 0 radical (unpaired) electrons. The molecule has 0 fully saturated rings. The van der Waals surface area contributed by atoms with Gasteiger partial charge in [-0.3, -0.25) is 0 Å². The lowest BCUT2D eigenvalue weighted by Crippen LogP contribution is -1.85. The Kier molecular flexibility index (Phi) is 33.0. The van der Waals surface area contributed by atoms with E-state index in [9.17, 15) is 9.59 Å². The first kappa shape index (κ1) is 42.3. The molecule has 0 saturated heterocycles. The van der Waals surface area contributed by atoms with Gasteiger partial charge in [0.25, 0.3) is 0 Å². The quantitative estimate of drug-likeness (QED) is 0.0470. The number of unbranched alkanes of at least 4 members (excludes halogenated alkanes) is 16. The molecule has 0 aliphatic rings. The summed E-state index contributed by atoms with van der Waals surface area (Å²) in [6, 6.07) is 0. The molecule has 0 saturated carbocycles. The van der Waals surface area contributed by atoms with E-state index in [1.54, 1.807) is 18.2 Å². The van der Waals surface area contributed by atoms with E-state index in [4.69, 9.17) is 10.2 Å². The minimum Gasteiger partial charge on any atom is -0.478 e. The van der Waals surface area contributed by atoms with E-state index in [0.29, 0.717) is 0 Å². The van der Waals surface area contributed by atoms with Crippen molar-refractivity contribution < 1.29 is 19.8 Å². The van der Waals surface area contributed by atoms with Gasteiger partial charge in [-0.05, 0) is 44.1 Å². The summed E-state index contributed by atoms with van der Waals surface area (Å²) in [6.07, 6.45) is 59.5. The van der Waals surface area contributed by atoms with Crippen LogP contribution in [0.15, 0.2) is 121 Å². The molecule has 0 rings (SSSR count). The number of hydrogen-bond acceptors (Lipinski definition) is 2. The highest BCUT2D eigenvalue weighted by Crippen LogP contribution is 2.15. The highest BCUT2D eigenvalue weighted by atomic mass is 16.4. The Morgan fingerprint density at radius 2 is 0.783 bits per heavy atom. The minimum absolute atomic E-state index is 0.924. The molecule has 0 spiro atoms. The normalized spacial score (nSPS) is 13.4. The first-order chi connectivity index (χ1) is 22.6. The van der Waals surface area contributed by atoms with Gasteiger partial charge in [-0.15, -0.1) is 0 Å². The summed E-state index contributed by atoms with van der Waals surface area (Å²) in [5.74, 6) is -1.87. The summed E-state index contributed by atoms with van der Waals surface area (Å²) in [4.78, 5) is 21.1. The van der Waals surface area contributed by atoms with E-state index in [-0.39, 0.29) is 0 Å². The molecule has 0 aromatic carbocycles. The lowest BCUT2D eigenvalue weighted by molar-refractivity contribution is -0.132. The van der Waals surface area contributed by atoms with Crippen molar-refractivity contribution in [2.75, 3.05) is 0 Å². The van der Waals surface area contributed by atoms with E-state index in [2.05, 4.69) is 49.5 Å². The van der Waals surface area contributed by atoms with E-state index in [0.717, 1.165) is 31.8 Å². The number of carboxylic acids is 2. The summed E-state index contributed by atoms with van der Waals surface area (Å²) < 4.78 is 0. The number of hydrogen-bond donors (Lipinski definition) is 2. The van der Waals surface area contributed by atoms with Crippen LogP contribution in [0.2, 0.25) is 0 Å². The maximum atomic E-state index is 10.7. The van der Waals surface area contributed by atoms with E-state index in [1.165, 1.54) is 114 Å². The van der Waals surface area contributed by atoms with Crippen LogP contribution < -0.4 is 0 Å². The van der Waals surface area contributed by atoms with E-state index >= 15 is 0 Å². The zero-order chi connectivity index (χ0) is 33.6. The SMILES string of the molecule is CCCCCCCCCC=CC=CC=C(C=CC=CC(=O)O)CCCCCCCCCCCC=CC=CC=CC=CC=CC(=O)O. The lowest BCUT2D eigenvalue weighted by Gasteiger charge is -2.03. The van der Waals surface area contributed by atoms with Crippen LogP contribution in [-0.2, 0) is 9.59 Å². The highest BCUT2D eigenvalue weighted by molar-refractivity contribution is 5.80. The summed E-state index contributed by atoms with van der Waals surface area (Å²) in [7, 11) is 0. The summed E-state index contributed by atoms with van der Waals surface area (Å²) in [5, 5.41) is 17.3. The van der Waals surface area contributed by atoms with Crippen LogP contribution in [0.25, 0.3) is 0 Å². The first-order valence-corrected chi connectivity index (χ1v) is 17.7. The third-order valence-electron chi connectivity index (χ3n) is 7.29. The van der Waals surface area contributed by atoms with Gasteiger partial charge in [-0.1, -0.05) is 194 Å². The van der Waals surface area contributed by atoms with Crippen molar-refractivity contribution in [1.29, 1.82) is 0 Å². The van der Waals surface area contributed by atoms with Crippen molar-refractivity contribution in [3.05, 3.63) is 121 Å². The molecule has 0 heterocycles. The maximum absolute atomic E-state index is 10.7. The van der Waals surface area contributed by atoms with Crippen molar-refractivity contribution in [2.45, 2.75) is 129 Å². The monoisotopic (exact) mass is 630 g/mol. The summed E-state index contributed by atoms with van der Waals surface area (Å²) in [5.41, 5.74) is 1.23. The predicted molar refractivity (Wildman–Crippen MR) is 199 cm³/mol. The Morgan fingerprint density at radius 3 is 1.28 bits per heavy atom. The van der Waals surface area contributed by atoms with Crippen molar-refractivity contribution in [3.8, 4) is 0 Å². The predicted octanol–water partition coefficient (Wildman–Crippen LogP) is 12.5. The van der Waals surface area contributed by atoms with Crippen molar-refractivity contribution in [2.24, 2.45) is 0 Å². The van der Waals surface area contributed by atoms with Crippen molar-refractivity contribution in [1.82, 2.24) is 0 Å². The van der Waals surface area contributed by atoms with Crippen molar-refractivity contribution >= 4 is 11.9 Å². The fourth-order valence-electron chi connectivity index (χ4n) is 4.70. The molecule has 0 aromatic rings. The van der Waals surface area contributed by atoms with Crippen LogP contribution >= 0.6 is 0 Å². The molecular formula is C42H62O4. The molecule has 254 valence electrons. The van der Waals surface area contributed by atoms with Gasteiger partial charge in [-0.25, -0.2) is 9.59 Å². The zero-order valence-corrected chi connectivity index (χ0v) is 28.6. The molecule has 0 aliphatic carbocycles. The topological polar surface area (TPSA) is 74.6 Å². The third-order valence-corrected chi connectivity index (χ3v) is 7.29. The molecule has 0 unspecified atom stereocenters. The molecular weight excluding hydrogens is 568 g/mol. The first-order valence-electron chi connectivity index (χ1n) is 17.7. The lowest BCUT2D eigenvalue weighted by atomic mass is 10.0. The van der Waals surface area contributed by atoms with Gasteiger partial charge < -0.3 is 10.2 Å². The van der Waals surface area contributed by atoms with Crippen LogP contribution in [0, 0.1) is 0 Å². The number of carboxylic acid groups (broad SMARTS) is 2. The molecule has 46 heavy (non-hydrogen) atoms. The number of allylic oxidation sites excluding steroid dienone is 18. The van der Waals surface area contributed by atoms with Gasteiger partial charge in [0.15, 0.2) is 0 Å². The average Bonchev–Trinajstić information content (AvgIpc) is 3.03. The van der Waals surface area contributed by atoms with Gasteiger partial charge >= 0.3 is 11.9 Å². The van der Waals surface area contributed by atoms with Crippen LogP contribution in [0.5, 0.6) is 0 Å². The number of aliphatic carboxylic acids is 2. The molecule has 0 aliphatic heterocycles. The fraction of sp³-hybridized carbons (Fsp3) is 0.476. The van der Waals surface area contributed by atoms with E-state index in [1.807, 2.05) is 36.5 Å². The second-order valence-corrected chi connectivity index (χ2v) is 11.5. The van der Waals surface area contributed by atoms with Gasteiger partial charge in [-0.2, -0.15) is 0 Å². The number of rotatable bonds is 30. The highest BCUT2D eigenvalue weighted by Gasteiger charge is 1.96. The van der Waals surface area contributed by atoms with Crippen LogP contribution in [0.1, 0.15) is 129 Å². The largest absolute Gasteiger partial charge is 0.478 e. The Hall–Kier alpha value is -3.66.